The smallest absolute Gasteiger partial charge is 0.164 e. The van der Waals surface area contributed by atoms with Crippen molar-refractivity contribution in [1.29, 1.82) is 0 Å². The molecular formula is C47H29N5. The van der Waals surface area contributed by atoms with E-state index in [0.717, 1.165) is 50.0 Å². The molecule has 0 fully saturated rings. The van der Waals surface area contributed by atoms with Crippen LogP contribution in [-0.4, -0.2) is 24.9 Å². The van der Waals surface area contributed by atoms with Crippen molar-refractivity contribution in [2.75, 3.05) is 0 Å². The van der Waals surface area contributed by atoms with Gasteiger partial charge in [0.2, 0.25) is 0 Å². The van der Waals surface area contributed by atoms with Gasteiger partial charge in [-0.1, -0.05) is 133 Å². The molecular weight excluding hydrogens is 635 g/mol. The second-order valence-electron chi connectivity index (χ2n) is 12.9. The van der Waals surface area contributed by atoms with Crippen molar-refractivity contribution in [2.45, 2.75) is 0 Å². The van der Waals surface area contributed by atoms with Crippen molar-refractivity contribution in [3.63, 3.8) is 0 Å². The van der Waals surface area contributed by atoms with Gasteiger partial charge in [0.15, 0.2) is 17.5 Å². The molecule has 3 heterocycles. The number of rotatable bonds is 6. The molecule has 0 spiro atoms. The highest BCUT2D eigenvalue weighted by Crippen LogP contribution is 2.42. The summed E-state index contributed by atoms with van der Waals surface area (Å²) in [6.07, 6.45) is 5.58. The zero-order valence-corrected chi connectivity index (χ0v) is 28.0. The van der Waals surface area contributed by atoms with Gasteiger partial charge in [0.05, 0.1) is 5.69 Å². The Bertz CT molecular complexity index is 2860. The highest BCUT2D eigenvalue weighted by molar-refractivity contribution is 6.27. The molecule has 0 N–H and O–H groups in total. The molecule has 0 radical (unpaired) electrons. The maximum Gasteiger partial charge on any atom is 0.164 e. The number of benzene rings is 7. The van der Waals surface area contributed by atoms with E-state index in [4.69, 9.17) is 19.9 Å². The van der Waals surface area contributed by atoms with Crippen molar-refractivity contribution in [2.24, 2.45) is 0 Å². The largest absolute Gasteiger partial charge is 0.264 e. The van der Waals surface area contributed by atoms with Crippen molar-refractivity contribution in [3.8, 4) is 67.7 Å². The number of hydrogen-bond acceptors (Lipinski definition) is 5. The van der Waals surface area contributed by atoms with E-state index in [2.05, 4.69) is 114 Å². The first-order valence-corrected chi connectivity index (χ1v) is 17.3. The molecule has 0 amide bonds. The molecule has 0 bridgehead atoms. The Morgan fingerprint density at radius 3 is 1.48 bits per heavy atom. The minimum absolute atomic E-state index is 0.638. The van der Waals surface area contributed by atoms with Crippen LogP contribution < -0.4 is 0 Å². The number of aromatic nitrogens is 5. The number of hydrogen-bond donors (Lipinski definition) is 0. The Kier molecular flexibility index (Phi) is 7.07. The van der Waals surface area contributed by atoms with Gasteiger partial charge in [-0.15, -0.1) is 0 Å². The summed E-state index contributed by atoms with van der Waals surface area (Å²) in [6.45, 7) is 0. The van der Waals surface area contributed by atoms with E-state index in [-0.39, 0.29) is 0 Å². The molecule has 0 unspecified atom stereocenters. The summed E-state index contributed by atoms with van der Waals surface area (Å²) in [4.78, 5) is 24.3. The normalized spacial score (nSPS) is 11.5. The Labute approximate surface area is 300 Å². The van der Waals surface area contributed by atoms with E-state index < -0.39 is 0 Å². The fourth-order valence-electron chi connectivity index (χ4n) is 7.27. The number of pyridine rings is 2. The van der Waals surface area contributed by atoms with Gasteiger partial charge in [-0.2, -0.15) is 0 Å². The van der Waals surface area contributed by atoms with Gasteiger partial charge in [-0.05, 0) is 73.3 Å². The molecule has 0 saturated carbocycles. The fraction of sp³-hybridized carbons (Fsp3) is 0. The summed E-state index contributed by atoms with van der Waals surface area (Å²) < 4.78 is 0. The Hall–Kier alpha value is -7.11. The third-order valence-corrected chi connectivity index (χ3v) is 9.85. The van der Waals surface area contributed by atoms with Crippen molar-refractivity contribution >= 4 is 32.3 Å². The Balaban J connectivity index is 1.13. The summed E-state index contributed by atoms with van der Waals surface area (Å²) in [5.41, 5.74) is 9.28. The third-order valence-electron chi connectivity index (χ3n) is 9.85. The fourth-order valence-corrected chi connectivity index (χ4v) is 7.27. The van der Waals surface area contributed by atoms with Gasteiger partial charge in [-0.3, -0.25) is 9.97 Å². The maximum absolute atomic E-state index is 5.15. The zero-order chi connectivity index (χ0) is 34.4. The van der Waals surface area contributed by atoms with E-state index in [1.807, 2.05) is 60.9 Å². The molecule has 52 heavy (non-hydrogen) atoms. The second-order valence-corrected chi connectivity index (χ2v) is 12.9. The third kappa shape index (κ3) is 5.15. The average molecular weight is 664 g/mol. The van der Waals surface area contributed by atoms with Gasteiger partial charge in [0, 0.05) is 46.4 Å². The van der Waals surface area contributed by atoms with E-state index >= 15 is 0 Å². The highest BCUT2D eigenvalue weighted by Gasteiger charge is 2.18. The van der Waals surface area contributed by atoms with Crippen LogP contribution in [0.3, 0.4) is 0 Å². The second kappa shape index (κ2) is 12.3. The first-order valence-electron chi connectivity index (χ1n) is 17.3. The molecule has 10 aromatic rings. The van der Waals surface area contributed by atoms with E-state index in [0.29, 0.717) is 17.5 Å². The molecule has 0 aliphatic carbocycles. The van der Waals surface area contributed by atoms with Gasteiger partial charge in [-0.25, -0.2) is 15.0 Å². The van der Waals surface area contributed by atoms with Crippen LogP contribution in [0.2, 0.25) is 0 Å². The highest BCUT2D eigenvalue weighted by atomic mass is 15.0. The molecule has 5 nitrogen and oxygen atoms in total. The van der Waals surface area contributed by atoms with Crippen LogP contribution in [0.25, 0.3) is 100.0 Å². The van der Waals surface area contributed by atoms with Crippen molar-refractivity contribution in [1.82, 2.24) is 24.9 Å². The molecule has 7 aromatic carbocycles. The lowest BCUT2D eigenvalue weighted by atomic mass is 9.88. The van der Waals surface area contributed by atoms with Gasteiger partial charge in [0.1, 0.15) is 0 Å². The molecule has 10 rings (SSSR count). The first kappa shape index (κ1) is 29.8. The maximum atomic E-state index is 5.15. The van der Waals surface area contributed by atoms with E-state index in [1.165, 1.54) is 32.5 Å². The summed E-state index contributed by atoms with van der Waals surface area (Å²) in [5, 5.41) is 7.07. The molecule has 0 aliphatic heterocycles. The molecule has 5 heteroatoms. The Morgan fingerprint density at radius 1 is 0.327 bits per heavy atom. The summed E-state index contributed by atoms with van der Waals surface area (Å²) in [6, 6.07) is 54.8. The summed E-state index contributed by atoms with van der Waals surface area (Å²) in [7, 11) is 0. The molecule has 0 atom stereocenters. The Morgan fingerprint density at radius 2 is 0.846 bits per heavy atom. The number of nitrogens with zero attached hydrogens (tertiary/aromatic N) is 5. The van der Waals surface area contributed by atoms with E-state index in [9.17, 15) is 0 Å². The molecule has 242 valence electrons. The predicted molar refractivity (Wildman–Crippen MR) is 212 cm³/mol. The van der Waals surface area contributed by atoms with Gasteiger partial charge >= 0.3 is 0 Å². The van der Waals surface area contributed by atoms with E-state index in [1.54, 1.807) is 6.20 Å². The minimum Gasteiger partial charge on any atom is -0.264 e. The standard InChI is InChI=1S/C47H29N5/c1-3-8-30(9-4-1)31-13-15-35(16-14-31)46-50-45(34-10-5-2-6-11-34)51-47(52-46)41-25-20-33-18-23-39-38(22-17-32-19-24-40(41)44(33)43(32)39)36-21-26-42(49-29-36)37-12-7-27-48-28-37/h1-29H. The van der Waals surface area contributed by atoms with Crippen LogP contribution in [0.5, 0.6) is 0 Å². The average Bonchev–Trinajstić information content (AvgIpc) is 3.23. The molecule has 0 aliphatic rings. The molecule has 3 aromatic heterocycles. The summed E-state index contributed by atoms with van der Waals surface area (Å²) >= 11 is 0. The topological polar surface area (TPSA) is 64.5 Å². The van der Waals surface area contributed by atoms with Crippen molar-refractivity contribution < 1.29 is 0 Å². The van der Waals surface area contributed by atoms with Crippen LogP contribution >= 0.6 is 0 Å². The predicted octanol–water partition coefficient (Wildman–Crippen LogP) is 11.6. The van der Waals surface area contributed by atoms with Crippen molar-refractivity contribution in [3.05, 3.63) is 176 Å². The minimum atomic E-state index is 0.638. The van der Waals surface area contributed by atoms with Crippen LogP contribution in [0.15, 0.2) is 176 Å². The quantitative estimate of drug-likeness (QED) is 0.166. The van der Waals surface area contributed by atoms with Gasteiger partial charge in [0.25, 0.3) is 0 Å². The monoisotopic (exact) mass is 663 g/mol. The SMILES string of the molecule is c1ccc(-c2ccc(-c3nc(-c4ccccc4)nc(-c4ccc5ccc6c(-c7ccc(-c8cccnc8)nc7)ccc7ccc4c5c76)n3)cc2)cc1. The lowest BCUT2D eigenvalue weighted by Crippen LogP contribution is -2.01. The van der Waals surface area contributed by atoms with Crippen LogP contribution in [0, 0.1) is 0 Å². The first-order chi connectivity index (χ1) is 25.8. The molecule has 0 saturated heterocycles. The lowest BCUT2D eigenvalue weighted by Gasteiger charge is -2.16. The lowest BCUT2D eigenvalue weighted by molar-refractivity contribution is 1.08. The van der Waals surface area contributed by atoms with Gasteiger partial charge < -0.3 is 0 Å². The summed E-state index contributed by atoms with van der Waals surface area (Å²) in [5.74, 6) is 1.92. The zero-order valence-electron chi connectivity index (χ0n) is 28.0. The van der Waals surface area contributed by atoms with Crippen LogP contribution in [0.4, 0.5) is 0 Å². The van der Waals surface area contributed by atoms with Crippen LogP contribution in [0.1, 0.15) is 0 Å². The van der Waals surface area contributed by atoms with Crippen LogP contribution in [-0.2, 0) is 0 Å².